The number of nitriles is 1. The van der Waals surface area contributed by atoms with Gasteiger partial charge < -0.3 is 0 Å². The predicted octanol–water partition coefficient (Wildman–Crippen LogP) is 3.39. The van der Waals surface area contributed by atoms with Gasteiger partial charge in [-0.15, -0.1) is 6.42 Å². The molecule has 2 heteroatoms. The Kier molecular flexibility index (Phi) is 4.49. The summed E-state index contributed by atoms with van der Waals surface area (Å²) in [6, 6.07) is 7.21. The molecule has 0 aliphatic carbocycles. The monoisotopic (exact) mass is 226 g/mol. The van der Waals surface area contributed by atoms with Gasteiger partial charge >= 0.3 is 0 Å². The third-order valence-corrected chi connectivity index (χ3v) is 2.98. The third-order valence-electron chi connectivity index (χ3n) is 2.98. The maximum atomic E-state index is 11.7. The number of rotatable bonds is 4. The average Bonchev–Trinajstić information content (AvgIpc) is 2.39. The van der Waals surface area contributed by atoms with Crippen molar-refractivity contribution in [1.29, 1.82) is 5.26 Å². The number of carbonyl (C=O) groups is 1. The van der Waals surface area contributed by atoms with Crippen LogP contribution in [-0.4, -0.2) is 5.78 Å². The maximum absolute atomic E-state index is 11.7. The fourth-order valence-corrected chi connectivity index (χ4v) is 1.98. The molecule has 1 aromatic rings. The van der Waals surface area contributed by atoms with Crippen LogP contribution in [0.15, 0.2) is 18.2 Å². The molecule has 0 aliphatic rings. The van der Waals surface area contributed by atoms with Crippen molar-refractivity contribution in [2.24, 2.45) is 0 Å². The lowest BCUT2D eigenvalue weighted by Crippen LogP contribution is -2.06. The van der Waals surface area contributed by atoms with E-state index in [1.165, 1.54) is 0 Å². The molecule has 0 fully saturated rings. The fraction of sp³-hybridized carbons (Fsp3) is 0.333. The molecular weight excluding hydrogens is 210 g/mol. The van der Waals surface area contributed by atoms with E-state index >= 15 is 0 Å². The molecule has 0 amide bonds. The van der Waals surface area contributed by atoms with Gasteiger partial charge in [-0.2, -0.15) is 5.26 Å². The van der Waals surface area contributed by atoms with Crippen LogP contribution in [0.1, 0.15) is 55.5 Å². The number of benzene rings is 1. The molecule has 1 radical (unpaired) electrons. The number of ketones is 1. The van der Waals surface area contributed by atoms with Crippen LogP contribution in [0.4, 0.5) is 0 Å². The standard InChI is InChI=1S/C15H15NO.H/c1-4-12(5-2)13-8-7-11(10-16)9-14(13)15(17)6-3;/h3,7-9,12H,4-5H2,1-2H3;. The number of carbonyl (C=O) groups excluding carboxylic acids is 1. The highest BCUT2D eigenvalue weighted by atomic mass is 16.1. The highest BCUT2D eigenvalue weighted by molar-refractivity contribution is 6.09. The first-order chi connectivity index (χ1) is 8.17. The molecule has 1 rings (SSSR count). The van der Waals surface area contributed by atoms with Crippen molar-refractivity contribution in [3.05, 3.63) is 34.9 Å². The first-order valence-electron chi connectivity index (χ1n) is 5.72. The van der Waals surface area contributed by atoms with E-state index in [-0.39, 0.29) is 7.21 Å². The SMILES string of the molecule is C#CC(=O)c1cc(C#N)ccc1C(CC)CC.[H]. The Bertz CT molecular complexity index is 504. The first kappa shape index (κ1) is 13.0. The number of nitrogens with zero attached hydrogens (tertiary/aromatic N) is 1. The van der Waals surface area contributed by atoms with Crippen LogP contribution < -0.4 is 0 Å². The Morgan fingerprint density at radius 2 is 2.12 bits per heavy atom. The van der Waals surface area contributed by atoms with Crippen LogP contribution in [-0.2, 0) is 0 Å². The normalized spacial score (nSPS) is 9.71. The Hall–Kier alpha value is -2.06. The van der Waals surface area contributed by atoms with Crippen molar-refractivity contribution in [2.75, 3.05) is 0 Å². The molecule has 1 aromatic carbocycles. The van der Waals surface area contributed by atoms with E-state index in [4.69, 9.17) is 11.7 Å². The zero-order chi connectivity index (χ0) is 12.8. The second-order valence-electron chi connectivity index (χ2n) is 3.90. The van der Waals surface area contributed by atoms with E-state index in [0.29, 0.717) is 17.0 Å². The summed E-state index contributed by atoms with van der Waals surface area (Å²) in [6.45, 7) is 4.16. The van der Waals surface area contributed by atoms with Gasteiger partial charge in [-0.05, 0) is 42.4 Å². The molecule has 0 unspecified atom stereocenters. The molecule has 0 spiro atoms. The summed E-state index contributed by atoms with van der Waals surface area (Å²) in [4.78, 5) is 11.7. The molecule has 0 aliphatic heterocycles. The minimum Gasteiger partial charge on any atom is -0.279 e. The van der Waals surface area contributed by atoms with Gasteiger partial charge in [-0.1, -0.05) is 19.9 Å². The Labute approximate surface area is 104 Å². The van der Waals surface area contributed by atoms with Crippen LogP contribution in [0.5, 0.6) is 0 Å². The molecule has 0 N–H and O–H groups in total. The molecule has 0 bridgehead atoms. The van der Waals surface area contributed by atoms with E-state index in [0.717, 1.165) is 18.4 Å². The van der Waals surface area contributed by atoms with Crippen molar-refractivity contribution in [2.45, 2.75) is 32.6 Å². The highest BCUT2D eigenvalue weighted by Gasteiger charge is 2.16. The molecule has 0 saturated heterocycles. The van der Waals surface area contributed by atoms with Crippen molar-refractivity contribution < 1.29 is 6.22 Å². The summed E-state index contributed by atoms with van der Waals surface area (Å²) >= 11 is 0. The van der Waals surface area contributed by atoms with Crippen molar-refractivity contribution in [1.82, 2.24) is 0 Å². The number of Topliss-reactive ketones (excluding diaryl/α,β-unsaturated/α-hetero) is 1. The quantitative estimate of drug-likeness (QED) is 0.448. The summed E-state index contributed by atoms with van der Waals surface area (Å²) in [6.07, 6.45) is 7.07. The van der Waals surface area contributed by atoms with E-state index in [1.807, 2.05) is 12.1 Å². The third kappa shape index (κ3) is 2.74. The number of terminal acetylenes is 1. The van der Waals surface area contributed by atoms with Crippen LogP contribution in [0.25, 0.3) is 0 Å². The van der Waals surface area contributed by atoms with Gasteiger partial charge in [0, 0.05) is 6.99 Å². The Morgan fingerprint density at radius 3 is 2.59 bits per heavy atom. The number of hydrogen-bond donors (Lipinski definition) is 0. The van der Waals surface area contributed by atoms with E-state index in [9.17, 15) is 4.79 Å². The van der Waals surface area contributed by atoms with Crippen molar-refractivity contribution in [3.63, 3.8) is 0 Å². The minimum absolute atomic E-state index is 0. The molecule has 87 valence electrons. The minimum atomic E-state index is -0.344. The summed E-state index contributed by atoms with van der Waals surface area (Å²) in [7, 11) is 0. The summed E-state index contributed by atoms with van der Waals surface area (Å²) in [5, 5.41) is 8.85. The van der Waals surface area contributed by atoms with Gasteiger partial charge in [0.1, 0.15) is 0 Å². The smallest absolute Gasteiger partial charge is 0.235 e. The zero-order valence-corrected chi connectivity index (χ0v) is 10.2. The second kappa shape index (κ2) is 5.87. The lowest BCUT2D eigenvalue weighted by molar-refractivity contribution is 0.105. The zero-order valence-electron chi connectivity index (χ0n) is 11.2. The lowest BCUT2D eigenvalue weighted by atomic mass is 9.88. The van der Waals surface area contributed by atoms with Gasteiger partial charge in [0.25, 0.3) is 0 Å². The summed E-state index contributed by atoms with van der Waals surface area (Å²) in [5.41, 5.74) is 1.93. The first-order valence-corrected chi connectivity index (χ1v) is 5.72. The fourth-order valence-electron chi connectivity index (χ4n) is 1.98. The van der Waals surface area contributed by atoms with Crippen molar-refractivity contribution in [3.8, 4) is 18.4 Å². The molecule has 0 heterocycles. The Balaban J connectivity index is 0.00000289. The van der Waals surface area contributed by atoms with Crippen molar-refractivity contribution >= 4 is 5.78 Å². The van der Waals surface area contributed by atoms with E-state index in [2.05, 4.69) is 19.8 Å². The second-order valence-corrected chi connectivity index (χ2v) is 3.90. The van der Waals surface area contributed by atoms with Crippen LogP contribution in [0, 0.1) is 23.7 Å². The number of hydrogen-bond acceptors (Lipinski definition) is 2. The summed E-state index contributed by atoms with van der Waals surface area (Å²) in [5.74, 6) is 2.10. The van der Waals surface area contributed by atoms with Gasteiger partial charge in [-0.3, -0.25) is 4.79 Å². The van der Waals surface area contributed by atoms with Gasteiger partial charge in [0.2, 0.25) is 5.78 Å². The lowest BCUT2D eigenvalue weighted by Gasteiger charge is -2.16. The predicted molar refractivity (Wildman–Crippen MR) is 68.8 cm³/mol. The largest absolute Gasteiger partial charge is 0.279 e. The molecule has 2 nitrogen and oxygen atoms in total. The Morgan fingerprint density at radius 1 is 1.47 bits per heavy atom. The topological polar surface area (TPSA) is 40.9 Å². The molecule has 17 heavy (non-hydrogen) atoms. The van der Waals surface area contributed by atoms with Crippen LogP contribution in [0.2, 0.25) is 0 Å². The highest BCUT2D eigenvalue weighted by Crippen LogP contribution is 2.27. The van der Waals surface area contributed by atoms with Crippen LogP contribution in [0.3, 0.4) is 0 Å². The van der Waals surface area contributed by atoms with Gasteiger partial charge in [-0.25, -0.2) is 0 Å². The molecule has 0 atom stereocenters. The van der Waals surface area contributed by atoms with Gasteiger partial charge in [0.05, 0.1) is 11.6 Å². The molecule has 0 saturated carbocycles. The molecular formula is C15H16NO. The maximum Gasteiger partial charge on any atom is 0.235 e. The summed E-state index contributed by atoms with van der Waals surface area (Å²) < 4.78 is 0. The van der Waals surface area contributed by atoms with Crippen LogP contribution >= 0.6 is 0 Å². The van der Waals surface area contributed by atoms with Gasteiger partial charge in [0.15, 0.2) is 0 Å². The van der Waals surface area contributed by atoms with E-state index in [1.54, 1.807) is 12.1 Å². The average molecular weight is 226 g/mol. The molecule has 0 aromatic heterocycles. The van der Waals surface area contributed by atoms with E-state index < -0.39 is 0 Å².